The molecular formula is C15H13NO4. The molecule has 102 valence electrons. The number of nitrogens with zero attached hydrogens (tertiary/aromatic N) is 1. The number of esters is 1. The molecule has 0 heterocycles. The third-order valence-corrected chi connectivity index (χ3v) is 3.00. The Morgan fingerprint density at radius 2 is 2.05 bits per heavy atom. The molecule has 0 saturated carbocycles. The maximum absolute atomic E-state index is 11.5. The quantitative estimate of drug-likeness (QED) is 0.481. The first kappa shape index (κ1) is 13.9. The lowest BCUT2D eigenvalue weighted by molar-refractivity contribution is -0.135. The number of carbonyl (C=O) groups excluding carboxylic acids is 2. The molecule has 1 aliphatic carbocycles. The number of allylic oxidation sites excluding steroid dienone is 1. The van der Waals surface area contributed by atoms with E-state index in [9.17, 15) is 14.5 Å². The first-order valence-corrected chi connectivity index (χ1v) is 6.10. The van der Waals surface area contributed by atoms with Gasteiger partial charge in [-0.2, -0.15) is 0 Å². The van der Waals surface area contributed by atoms with Gasteiger partial charge in [0.1, 0.15) is 5.76 Å². The van der Waals surface area contributed by atoms with Crippen molar-refractivity contribution < 1.29 is 14.3 Å². The van der Waals surface area contributed by atoms with Crippen LogP contribution in [0.3, 0.4) is 0 Å². The van der Waals surface area contributed by atoms with Crippen LogP contribution in [0.2, 0.25) is 0 Å². The summed E-state index contributed by atoms with van der Waals surface area (Å²) in [5, 5.41) is 2.40. The van der Waals surface area contributed by atoms with Gasteiger partial charge < -0.3 is 4.74 Å². The van der Waals surface area contributed by atoms with Crippen LogP contribution in [0, 0.1) is 4.91 Å². The Bertz CT molecular complexity index is 643. The van der Waals surface area contributed by atoms with Gasteiger partial charge in [-0.25, -0.2) is 4.79 Å². The highest BCUT2D eigenvalue weighted by molar-refractivity contribution is 5.95. The molecule has 1 aromatic carbocycles. The van der Waals surface area contributed by atoms with Gasteiger partial charge in [0.05, 0.1) is 0 Å². The Morgan fingerprint density at radius 3 is 2.70 bits per heavy atom. The van der Waals surface area contributed by atoms with E-state index in [1.54, 1.807) is 25.1 Å². The van der Waals surface area contributed by atoms with Gasteiger partial charge in [0.25, 0.3) is 0 Å². The fourth-order valence-electron chi connectivity index (χ4n) is 1.94. The van der Waals surface area contributed by atoms with Crippen LogP contribution < -0.4 is 0 Å². The fourth-order valence-corrected chi connectivity index (χ4v) is 1.94. The minimum atomic E-state index is -0.781. The Labute approximate surface area is 115 Å². The molecule has 2 rings (SSSR count). The summed E-state index contributed by atoms with van der Waals surface area (Å²) < 4.78 is 5.20. The predicted molar refractivity (Wildman–Crippen MR) is 73.8 cm³/mol. The number of ether oxygens (including phenoxy) is 1. The van der Waals surface area contributed by atoms with Gasteiger partial charge in [-0.1, -0.05) is 12.6 Å². The van der Waals surface area contributed by atoms with Crippen molar-refractivity contribution in [1.82, 2.24) is 0 Å². The zero-order valence-corrected chi connectivity index (χ0v) is 11.0. The van der Waals surface area contributed by atoms with Crippen molar-refractivity contribution in [3.8, 4) is 0 Å². The maximum atomic E-state index is 11.5. The van der Waals surface area contributed by atoms with E-state index in [0.717, 1.165) is 11.1 Å². The number of hydrogen-bond acceptors (Lipinski definition) is 4. The van der Waals surface area contributed by atoms with Crippen molar-refractivity contribution in [2.24, 2.45) is 5.18 Å². The van der Waals surface area contributed by atoms with E-state index in [-0.39, 0.29) is 5.56 Å². The molecule has 0 unspecified atom stereocenters. The van der Waals surface area contributed by atoms with Crippen LogP contribution in [0.15, 0.2) is 41.3 Å². The zero-order valence-electron chi connectivity index (χ0n) is 11.0. The maximum Gasteiger partial charge on any atom is 0.338 e. The average molecular weight is 271 g/mol. The molecule has 0 saturated heterocycles. The molecule has 1 aliphatic rings. The van der Waals surface area contributed by atoms with Crippen LogP contribution in [0.5, 0.6) is 0 Å². The van der Waals surface area contributed by atoms with Gasteiger partial charge in [0.15, 0.2) is 0 Å². The number of fused-ring (bicyclic) bond motifs is 1. The third kappa shape index (κ3) is 2.88. The SMILES string of the molecule is C=C(C)C(=O)OC1=Cc2ccc(C(=O)N=O)cc2CC1. The molecular weight excluding hydrogens is 258 g/mol. The predicted octanol–water partition coefficient (Wildman–Crippen LogP) is 3.00. The highest BCUT2D eigenvalue weighted by Gasteiger charge is 2.16. The molecule has 0 radical (unpaired) electrons. The van der Waals surface area contributed by atoms with Crippen LogP contribution >= 0.6 is 0 Å². The number of benzene rings is 1. The summed E-state index contributed by atoms with van der Waals surface area (Å²) in [7, 11) is 0. The van der Waals surface area contributed by atoms with Gasteiger partial charge in [-0.3, -0.25) is 4.79 Å². The molecule has 1 aromatic rings. The second-order valence-electron chi connectivity index (χ2n) is 4.59. The normalized spacial score (nSPS) is 12.9. The number of carbonyl (C=O) groups is 2. The van der Waals surface area contributed by atoms with Crippen LogP contribution in [-0.2, 0) is 16.0 Å². The van der Waals surface area contributed by atoms with Crippen molar-refractivity contribution in [2.75, 3.05) is 0 Å². The van der Waals surface area contributed by atoms with Gasteiger partial charge in [0.2, 0.25) is 0 Å². The van der Waals surface area contributed by atoms with Crippen molar-refractivity contribution in [3.05, 3.63) is 57.7 Å². The number of aryl methyl sites for hydroxylation is 1. The number of nitroso groups, excluding NO2 is 1. The molecule has 0 aliphatic heterocycles. The summed E-state index contributed by atoms with van der Waals surface area (Å²) in [4.78, 5) is 32.9. The summed E-state index contributed by atoms with van der Waals surface area (Å²) in [6, 6.07) is 4.89. The van der Waals surface area contributed by atoms with Crippen LogP contribution in [0.25, 0.3) is 6.08 Å². The monoisotopic (exact) mass is 271 g/mol. The van der Waals surface area contributed by atoms with Crippen LogP contribution in [-0.4, -0.2) is 11.9 Å². The van der Waals surface area contributed by atoms with E-state index >= 15 is 0 Å². The second kappa shape index (κ2) is 5.61. The summed E-state index contributed by atoms with van der Waals surface area (Å²) >= 11 is 0. The van der Waals surface area contributed by atoms with Crippen molar-refractivity contribution in [1.29, 1.82) is 0 Å². The van der Waals surface area contributed by atoms with Gasteiger partial charge in [-0.05, 0) is 42.7 Å². The molecule has 0 N–H and O–H groups in total. The fraction of sp³-hybridized carbons (Fsp3) is 0.200. The van der Waals surface area contributed by atoms with E-state index in [4.69, 9.17) is 4.74 Å². The molecule has 0 fully saturated rings. The number of hydrogen-bond donors (Lipinski definition) is 0. The Hall–Kier alpha value is -2.56. The van der Waals surface area contributed by atoms with Crippen molar-refractivity contribution in [2.45, 2.75) is 19.8 Å². The first-order chi connectivity index (χ1) is 9.51. The van der Waals surface area contributed by atoms with E-state index < -0.39 is 11.9 Å². The zero-order chi connectivity index (χ0) is 14.7. The smallest absolute Gasteiger partial charge is 0.338 e. The summed E-state index contributed by atoms with van der Waals surface area (Å²) in [5.41, 5.74) is 2.40. The van der Waals surface area contributed by atoms with Crippen molar-refractivity contribution in [3.63, 3.8) is 0 Å². The summed E-state index contributed by atoms with van der Waals surface area (Å²) in [6.45, 7) is 5.11. The molecule has 20 heavy (non-hydrogen) atoms. The van der Waals surface area contributed by atoms with Gasteiger partial charge in [0, 0.05) is 22.7 Å². The molecule has 0 bridgehead atoms. The highest BCUT2D eigenvalue weighted by atomic mass is 16.5. The molecule has 5 heteroatoms. The Kier molecular flexibility index (Phi) is 3.89. The van der Waals surface area contributed by atoms with Gasteiger partial charge in [-0.15, -0.1) is 4.91 Å². The second-order valence-corrected chi connectivity index (χ2v) is 4.59. The van der Waals surface area contributed by atoms with E-state index in [0.29, 0.717) is 24.2 Å². The first-order valence-electron chi connectivity index (χ1n) is 6.10. The van der Waals surface area contributed by atoms with E-state index in [1.165, 1.54) is 6.07 Å². The Morgan fingerprint density at radius 1 is 1.30 bits per heavy atom. The van der Waals surface area contributed by atoms with Crippen molar-refractivity contribution >= 4 is 18.0 Å². The van der Waals surface area contributed by atoms with E-state index in [2.05, 4.69) is 11.8 Å². The largest absolute Gasteiger partial charge is 0.428 e. The summed E-state index contributed by atoms with van der Waals surface area (Å²) in [6.07, 6.45) is 2.94. The lowest BCUT2D eigenvalue weighted by atomic mass is 9.94. The molecule has 5 nitrogen and oxygen atoms in total. The number of amides is 1. The lowest BCUT2D eigenvalue weighted by Crippen LogP contribution is -2.09. The topological polar surface area (TPSA) is 72.8 Å². The molecule has 0 aromatic heterocycles. The van der Waals surface area contributed by atoms with Crippen LogP contribution in [0.4, 0.5) is 0 Å². The minimum Gasteiger partial charge on any atom is -0.428 e. The molecule has 1 amide bonds. The minimum absolute atomic E-state index is 0.273. The molecule has 0 atom stereocenters. The summed E-state index contributed by atoms with van der Waals surface area (Å²) in [5.74, 6) is -0.661. The molecule has 0 spiro atoms. The average Bonchev–Trinajstić information content (AvgIpc) is 2.45. The van der Waals surface area contributed by atoms with Crippen LogP contribution in [0.1, 0.15) is 34.8 Å². The van der Waals surface area contributed by atoms with E-state index in [1.807, 2.05) is 0 Å². The Balaban J connectivity index is 2.24. The standard InChI is InChI=1S/C15H13NO4/c1-9(2)15(18)20-13-6-5-10-7-12(14(17)16-19)4-3-11(10)8-13/h3-4,7-8H,1,5-6H2,2H3. The lowest BCUT2D eigenvalue weighted by Gasteiger charge is -2.16. The third-order valence-electron chi connectivity index (χ3n) is 3.00. The highest BCUT2D eigenvalue weighted by Crippen LogP contribution is 2.26. The number of rotatable bonds is 3. The van der Waals surface area contributed by atoms with Gasteiger partial charge >= 0.3 is 11.9 Å².